The highest BCUT2D eigenvalue weighted by Gasteiger charge is 2.29. The molecule has 0 heterocycles. The summed E-state index contributed by atoms with van der Waals surface area (Å²) in [6.07, 6.45) is 2.38. The third kappa shape index (κ3) is 6.95. The zero-order valence-electron chi connectivity index (χ0n) is 17.0. The molecule has 9 heteroatoms. The quantitative estimate of drug-likeness (QED) is 0.436. The largest absolute Gasteiger partial charge is 0.490 e. The van der Waals surface area contributed by atoms with E-state index in [1.807, 2.05) is 0 Å². The molecule has 5 nitrogen and oxygen atoms in total. The molecule has 3 rings (SSSR count). The lowest BCUT2D eigenvalue weighted by Crippen LogP contribution is -2.29. The van der Waals surface area contributed by atoms with Crippen LogP contribution in [0.2, 0.25) is 10.0 Å². The number of amides is 1. The summed E-state index contributed by atoms with van der Waals surface area (Å²) < 4.78 is 35.2. The van der Waals surface area contributed by atoms with E-state index in [1.54, 1.807) is 37.3 Å². The Morgan fingerprint density at radius 1 is 1.19 bits per heavy atom. The van der Waals surface area contributed by atoms with Crippen molar-refractivity contribution in [3.8, 4) is 11.5 Å². The third-order valence-electron chi connectivity index (χ3n) is 4.83. The van der Waals surface area contributed by atoms with Crippen LogP contribution in [0.5, 0.6) is 11.5 Å². The summed E-state index contributed by atoms with van der Waals surface area (Å²) >= 11 is 12.2. The maximum absolute atomic E-state index is 12.6. The van der Waals surface area contributed by atoms with Crippen LogP contribution in [0.15, 0.2) is 36.4 Å². The molecule has 1 aliphatic carbocycles. The summed E-state index contributed by atoms with van der Waals surface area (Å²) in [5.74, 6) is 0.105. The highest BCUT2D eigenvalue weighted by atomic mass is 35.5. The Bertz CT molecular complexity index is 890. The van der Waals surface area contributed by atoms with E-state index in [1.165, 1.54) is 6.07 Å². The average molecular weight is 473 g/mol. The van der Waals surface area contributed by atoms with Crippen molar-refractivity contribution in [2.24, 2.45) is 0 Å². The summed E-state index contributed by atoms with van der Waals surface area (Å²) in [6, 6.07) is 10.4. The van der Waals surface area contributed by atoms with Crippen molar-refractivity contribution in [2.75, 3.05) is 18.5 Å². The van der Waals surface area contributed by atoms with Crippen molar-refractivity contribution in [1.29, 1.82) is 0 Å². The summed E-state index contributed by atoms with van der Waals surface area (Å²) in [5.41, 5.74) is 1.30. The molecule has 0 radical (unpaired) electrons. The summed E-state index contributed by atoms with van der Waals surface area (Å²) in [7, 11) is 0. The molecule has 2 aromatic carbocycles. The fourth-order valence-electron chi connectivity index (χ4n) is 3.24. The Hall–Kier alpha value is -2.09. The van der Waals surface area contributed by atoms with Crippen LogP contribution in [0.1, 0.15) is 31.7 Å². The predicted molar refractivity (Wildman–Crippen MR) is 117 cm³/mol. The Balaban J connectivity index is 1.62. The van der Waals surface area contributed by atoms with Crippen LogP contribution < -0.4 is 14.8 Å². The average Bonchev–Trinajstić information content (AvgIpc) is 3.55. The van der Waals surface area contributed by atoms with Crippen LogP contribution in [-0.4, -0.2) is 36.6 Å². The van der Waals surface area contributed by atoms with Crippen LogP contribution >= 0.6 is 23.2 Å². The van der Waals surface area contributed by atoms with Crippen LogP contribution in [0.3, 0.4) is 0 Å². The molecule has 1 amide bonds. The van der Waals surface area contributed by atoms with Gasteiger partial charge in [0.2, 0.25) is 5.91 Å². The third-order valence-corrected chi connectivity index (χ3v) is 5.46. The number of ether oxygens (including phenoxy) is 2. The van der Waals surface area contributed by atoms with E-state index in [9.17, 15) is 13.6 Å². The van der Waals surface area contributed by atoms with E-state index in [4.69, 9.17) is 27.9 Å². The lowest BCUT2D eigenvalue weighted by Gasteiger charge is -2.22. The molecule has 0 saturated heterocycles. The first-order valence-corrected chi connectivity index (χ1v) is 10.8. The molecule has 31 heavy (non-hydrogen) atoms. The van der Waals surface area contributed by atoms with E-state index < -0.39 is 6.61 Å². The van der Waals surface area contributed by atoms with Crippen molar-refractivity contribution >= 4 is 34.8 Å². The van der Waals surface area contributed by atoms with Gasteiger partial charge in [-0.2, -0.15) is 8.78 Å². The first-order valence-electron chi connectivity index (χ1n) is 10.1. The van der Waals surface area contributed by atoms with E-state index in [-0.39, 0.29) is 23.8 Å². The number of halogens is 4. The second-order valence-electron chi connectivity index (χ2n) is 7.19. The molecule has 1 fully saturated rings. The number of alkyl halides is 2. The van der Waals surface area contributed by atoms with Crippen LogP contribution in [0.25, 0.3) is 0 Å². The molecule has 0 bridgehead atoms. The Morgan fingerprint density at radius 2 is 1.90 bits per heavy atom. The second kappa shape index (κ2) is 11.0. The van der Waals surface area contributed by atoms with Crippen molar-refractivity contribution in [1.82, 2.24) is 4.90 Å². The number of benzene rings is 2. The normalized spacial score (nSPS) is 13.5. The number of anilines is 1. The standard InChI is InChI=1S/C22H24Cl2F2N2O3/c1-2-30-19-12-14(6-9-18(19)31-22(25)26)13-28(15-7-8-15)11-10-20(29)27-21-16(23)4-3-5-17(21)24/h3-6,9,12,15,22H,2,7-8,10-11,13H2,1H3,(H,27,29). The van der Waals surface area contributed by atoms with Crippen molar-refractivity contribution < 1.29 is 23.0 Å². The lowest BCUT2D eigenvalue weighted by atomic mass is 10.1. The van der Waals surface area contributed by atoms with Gasteiger partial charge in [0.25, 0.3) is 0 Å². The molecule has 1 aliphatic rings. The molecular weight excluding hydrogens is 449 g/mol. The fraction of sp³-hybridized carbons (Fsp3) is 0.409. The van der Waals surface area contributed by atoms with Crippen LogP contribution in [-0.2, 0) is 11.3 Å². The van der Waals surface area contributed by atoms with Crippen LogP contribution in [0, 0.1) is 0 Å². The van der Waals surface area contributed by atoms with Gasteiger partial charge in [-0.25, -0.2) is 0 Å². The molecule has 2 aromatic rings. The topological polar surface area (TPSA) is 50.8 Å². The summed E-state index contributed by atoms with van der Waals surface area (Å²) in [4.78, 5) is 14.6. The molecule has 0 aromatic heterocycles. The minimum absolute atomic E-state index is 0.00886. The number of carbonyl (C=O) groups is 1. The van der Waals surface area contributed by atoms with Gasteiger partial charge < -0.3 is 14.8 Å². The number of nitrogens with zero attached hydrogens (tertiary/aromatic N) is 1. The highest BCUT2D eigenvalue weighted by molar-refractivity contribution is 6.39. The van der Waals surface area contributed by atoms with Crippen LogP contribution in [0.4, 0.5) is 14.5 Å². The van der Waals surface area contributed by atoms with Gasteiger partial charge in [0, 0.05) is 25.6 Å². The number of nitrogens with one attached hydrogen (secondary N) is 1. The molecule has 0 atom stereocenters. The van der Waals surface area contributed by atoms with Crippen molar-refractivity contribution in [3.05, 3.63) is 52.0 Å². The first kappa shape index (κ1) is 23.6. The highest BCUT2D eigenvalue weighted by Crippen LogP contribution is 2.33. The van der Waals surface area contributed by atoms with E-state index in [0.29, 0.717) is 41.5 Å². The molecule has 0 spiro atoms. The van der Waals surface area contributed by atoms with Gasteiger partial charge in [0.15, 0.2) is 11.5 Å². The molecule has 168 valence electrons. The smallest absolute Gasteiger partial charge is 0.387 e. The van der Waals surface area contributed by atoms with Gasteiger partial charge in [-0.1, -0.05) is 35.3 Å². The summed E-state index contributed by atoms with van der Waals surface area (Å²) in [6.45, 7) is 0.301. The van der Waals surface area contributed by atoms with E-state index in [0.717, 1.165) is 18.4 Å². The van der Waals surface area contributed by atoms with Gasteiger partial charge in [0.05, 0.1) is 22.3 Å². The van der Waals surface area contributed by atoms with Gasteiger partial charge in [-0.05, 0) is 49.6 Å². The second-order valence-corrected chi connectivity index (χ2v) is 8.00. The molecular formula is C22H24Cl2F2N2O3. The van der Waals surface area contributed by atoms with Gasteiger partial charge in [-0.15, -0.1) is 0 Å². The fourth-order valence-corrected chi connectivity index (χ4v) is 3.73. The molecule has 0 unspecified atom stereocenters. The van der Waals surface area contributed by atoms with Crippen molar-refractivity contribution in [3.63, 3.8) is 0 Å². The van der Waals surface area contributed by atoms with E-state index >= 15 is 0 Å². The molecule has 0 aliphatic heterocycles. The first-order chi connectivity index (χ1) is 14.9. The Kier molecular flexibility index (Phi) is 8.35. The summed E-state index contributed by atoms with van der Waals surface area (Å²) in [5, 5.41) is 3.54. The van der Waals surface area contributed by atoms with Gasteiger partial charge in [-0.3, -0.25) is 9.69 Å². The Morgan fingerprint density at radius 3 is 2.52 bits per heavy atom. The van der Waals surface area contributed by atoms with Gasteiger partial charge >= 0.3 is 6.61 Å². The van der Waals surface area contributed by atoms with Gasteiger partial charge in [0.1, 0.15) is 0 Å². The minimum Gasteiger partial charge on any atom is -0.490 e. The van der Waals surface area contributed by atoms with E-state index in [2.05, 4.69) is 15.0 Å². The maximum atomic E-state index is 12.6. The lowest BCUT2D eigenvalue weighted by molar-refractivity contribution is -0.116. The monoisotopic (exact) mass is 472 g/mol. The zero-order chi connectivity index (χ0) is 22.4. The minimum atomic E-state index is -2.92. The number of carbonyl (C=O) groups excluding carboxylic acids is 1. The zero-order valence-corrected chi connectivity index (χ0v) is 18.6. The number of hydrogen-bond donors (Lipinski definition) is 1. The Labute approximate surface area is 190 Å². The number of rotatable bonds is 11. The SMILES string of the molecule is CCOc1cc(CN(CCC(=O)Nc2c(Cl)cccc2Cl)C2CC2)ccc1OC(F)F. The molecule has 1 N–H and O–H groups in total. The number of hydrogen-bond acceptors (Lipinski definition) is 4. The number of para-hydroxylation sites is 1. The van der Waals surface area contributed by atoms with Crippen molar-refractivity contribution in [2.45, 2.75) is 45.4 Å². The molecule has 1 saturated carbocycles. The maximum Gasteiger partial charge on any atom is 0.387 e. The predicted octanol–water partition coefficient (Wildman–Crippen LogP) is 5.99.